The van der Waals surface area contributed by atoms with Crippen molar-refractivity contribution >= 4 is 46.6 Å². The third kappa shape index (κ3) is 5.55. The predicted octanol–water partition coefficient (Wildman–Crippen LogP) is 5.96. The second-order valence-corrected chi connectivity index (χ2v) is 10.9. The normalized spacial score (nSPS) is 15.6. The molecule has 3 heterocycles. The zero-order valence-electron chi connectivity index (χ0n) is 20.0. The number of H-pyrrole nitrogens is 1. The molecule has 0 amide bonds. The zero-order valence-corrected chi connectivity index (χ0v) is 22.4. The van der Waals surface area contributed by atoms with Gasteiger partial charge in [-0.25, -0.2) is 0 Å². The monoisotopic (exact) mass is 529 g/mol. The van der Waals surface area contributed by atoms with E-state index in [9.17, 15) is 9.59 Å². The maximum atomic E-state index is 12.4. The Morgan fingerprint density at radius 2 is 2.03 bits per heavy atom. The average Bonchev–Trinajstić information content (AvgIpc) is 3.26. The number of benzene rings is 2. The number of halogens is 1. The summed E-state index contributed by atoms with van der Waals surface area (Å²) in [5.41, 5.74) is 5.16. The first-order valence-electron chi connectivity index (χ1n) is 11.6. The number of hydrogen-bond donors (Lipinski definition) is 1. The summed E-state index contributed by atoms with van der Waals surface area (Å²) in [5, 5.41) is 7.70. The van der Waals surface area contributed by atoms with Gasteiger partial charge in [0.25, 0.3) is 5.56 Å². The van der Waals surface area contributed by atoms with E-state index in [0.29, 0.717) is 12.1 Å². The van der Waals surface area contributed by atoms with Gasteiger partial charge in [0.15, 0.2) is 5.78 Å². The number of nitrogens with zero attached hydrogens (tertiary/aromatic N) is 2. The Kier molecular flexibility index (Phi) is 8.46. The number of aromatic amines is 1. The van der Waals surface area contributed by atoms with Crippen molar-refractivity contribution in [1.82, 2.24) is 9.78 Å². The Morgan fingerprint density at radius 1 is 1.20 bits per heavy atom. The zero-order chi connectivity index (χ0) is 24.9. The minimum Gasteiger partial charge on any atom is -0.399 e. The molecular formula is C26H28ClN3O3S2. The third-order valence-corrected chi connectivity index (χ3v) is 8.72. The highest BCUT2D eigenvalue weighted by atomic mass is 35.5. The molecule has 6 nitrogen and oxygen atoms in total. The van der Waals surface area contributed by atoms with Crippen LogP contribution in [0.3, 0.4) is 0 Å². The van der Waals surface area contributed by atoms with Gasteiger partial charge in [-0.05, 0) is 67.8 Å². The Morgan fingerprint density at radius 3 is 2.77 bits per heavy atom. The van der Waals surface area contributed by atoms with Crippen molar-refractivity contribution < 1.29 is 9.63 Å². The van der Waals surface area contributed by atoms with Crippen molar-refractivity contribution in [2.24, 2.45) is 5.16 Å². The van der Waals surface area contributed by atoms with E-state index < -0.39 is 0 Å². The van der Waals surface area contributed by atoms with Gasteiger partial charge in [-0.15, -0.1) is 23.5 Å². The summed E-state index contributed by atoms with van der Waals surface area (Å²) in [6, 6.07) is 9.73. The molecule has 35 heavy (non-hydrogen) atoms. The molecule has 9 heteroatoms. The first-order valence-corrected chi connectivity index (χ1v) is 13.9. The van der Waals surface area contributed by atoms with Gasteiger partial charge in [-0.1, -0.05) is 22.8 Å². The van der Waals surface area contributed by atoms with Crippen molar-refractivity contribution in [2.75, 3.05) is 18.6 Å². The van der Waals surface area contributed by atoms with Crippen LogP contribution in [0.1, 0.15) is 52.4 Å². The molecule has 1 aromatic heterocycles. The molecule has 2 aliphatic heterocycles. The van der Waals surface area contributed by atoms with Crippen LogP contribution in [-0.2, 0) is 17.8 Å². The lowest BCUT2D eigenvalue weighted by Crippen LogP contribution is -2.21. The Labute approximate surface area is 218 Å². The number of aryl methyl sites for hydroxylation is 3. The molecule has 0 bridgehead atoms. The van der Waals surface area contributed by atoms with Crippen LogP contribution in [0.4, 0.5) is 0 Å². The van der Waals surface area contributed by atoms with E-state index in [4.69, 9.17) is 16.4 Å². The second kappa shape index (κ2) is 11.5. The van der Waals surface area contributed by atoms with Gasteiger partial charge in [0.05, 0.1) is 10.7 Å². The van der Waals surface area contributed by atoms with Gasteiger partial charge in [-0.2, -0.15) is 0 Å². The standard InChI is InChI=1S/C15H16N2O2S.C11H12ClNOS/c1-2-17-15(19)12(9-16-17)14(18)11-5-6-13-10(8-11)4-3-7-20-13;1-7-3-4-8(12)11-10(7)9(13-14-2)5-6-15-11/h5-6,8-9,16H,2-4,7H2,1H3;3-4H,5-6H2,1-2H3. The summed E-state index contributed by atoms with van der Waals surface area (Å²) in [6.07, 6.45) is 4.59. The molecule has 2 aliphatic rings. The Bertz CT molecular complexity index is 1330. The molecule has 0 saturated carbocycles. The second-order valence-electron chi connectivity index (χ2n) is 8.23. The smallest absolute Gasteiger partial charge is 0.277 e. The van der Waals surface area contributed by atoms with Gasteiger partial charge in [-0.3, -0.25) is 14.3 Å². The molecule has 0 atom stereocenters. The first kappa shape index (κ1) is 25.7. The topological polar surface area (TPSA) is 76.5 Å². The van der Waals surface area contributed by atoms with E-state index in [2.05, 4.69) is 17.2 Å². The number of rotatable bonds is 4. The van der Waals surface area contributed by atoms with E-state index in [-0.39, 0.29) is 16.9 Å². The number of aromatic nitrogens is 2. The number of hydrogen-bond acceptors (Lipinski definition) is 6. The third-order valence-electron chi connectivity index (χ3n) is 5.97. The van der Waals surface area contributed by atoms with Crippen LogP contribution in [0.25, 0.3) is 0 Å². The molecule has 0 unspecified atom stereocenters. The molecule has 0 aliphatic carbocycles. The SMILES string of the molecule is CCn1[nH]cc(C(=O)c2ccc3c(c2)CCCS3)c1=O.CON=C1CCSc2c(Cl)ccc(C)c21. The number of carbonyl (C=O) groups excluding carboxylic acids is 1. The summed E-state index contributed by atoms with van der Waals surface area (Å²) in [6.45, 7) is 4.47. The lowest BCUT2D eigenvalue weighted by molar-refractivity contribution is 0.103. The van der Waals surface area contributed by atoms with Crippen LogP contribution in [0.2, 0.25) is 5.02 Å². The fraction of sp³-hybridized carbons (Fsp3) is 0.346. The first-order chi connectivity index (χ1) is 16.9. The van der Waals surface area contributed by atoms with Gasteiger partial charge in [0, 0.05) is 45.8 Å². The van der Waals surface area contributed by atoms with Crippen molar-refractivity contribution in [2.45, 2.75) is 49.4 Å². The predicted molar refractivity (Wildman–Crippen MR) is 145 cm³/mol. The molecule has 2 aromatic carbocycles. The van der Waals surface area contributed by atoms with Crippen LogP contribution >= 0.6 is 35.1 Å². The number of thioether (sulfide) groups is 2. The minimum absolute atomic E-state index is 0.197. The highest BCUT2D eigenvalue weighted by Crippen LogP contribution is 2.37. The van der Waals surface area contributed by atoms with Crippen molar-refractivity contribution in [3.8, 4) is 0 Å². The Hall–Kier alpha value is -2.42. The summed E-state index contributed by atoms with van der Waals surface area (Å²) >= 11 is 9.79. The number of carbonyl (C=O) groups is 1. The van der Waals surface area contributed by atoms with Crippen LogP contribution in [0, 0.1) is 6.92 Å². The lowest BCUT2D eigenvalue weighted by atomic mass is 10.0. The maximum absolute atomic E-state index is 12.4. The van der Waals surface area contributed by atoms with Crippen molar-refractivity contribution in [1.29, 1.82) is 0 Å². The van der Waals surface area contributed by atoms with Crippen LogP contribution in [0.5, 0.6) is 0 Å². The number of oxime groups is 1. The lowest BCUT2D eigenvalue weighted by Gasteiger charge is -2.19. The summed E-state index contributed by atoms with van der Waals surface area (Å²) in [7, 11) is 1.58. The molecule has 0 spiro atoms. The number of nitrogens with one attached hydrogen (secondary N) is 1. The molecule has 5 rings (SSSR count). The van der Waals surface area contributed by atoms with Crippen LogP contribution in [-0.4, -0.2) is 39.9 Å². The number of fused-ring (bicyclic) bond motifs is 2. The van der Waals surface area contributed by atoms with E-state index in [0.717, 1.165) is 52.0 Å². The van der Waals surface area contributed by atoms with Gasteiger partial charge < -0.3 is 9.94 Å². The molecule has 0 radical (unpaired) electrons. The fourth-order valence-corrected chi connectivity index (χ4v) is 6.66. The van der Waals surface area contributed by atoms with Gasteiger partial charge >= 0.3 is 0 Å². The molecule has 0 fully saturated rings. The maximum Gasteiger partial charge on any atom is 0.277 e. The molecule has 184 valence electrons. The summed E-state index contributed by atoms with van der Waals surface area (Å²) < 4.78 is 1.43. The summed E-state index contributed by atoms with van der Waals surface area (Å²) in [5.74, 6) is 1.95. The molecule has 0 saturated heterocycles. The average molecular weight is 530 g/mol. The minimum atomic E-state index is -0.246. The highest BCUT2D eigenvalue weighted by molar-refractivity contribution is 7.99. The van der Waals surface area contributed by atoms with E-state index in [1.165, 1.54) is 26.9 Å². The molecular weight excluding hydrogens is 502 g/mol. The van der Waals surface area contributed by atoms with E-state index in [1.54, 1.807) is 18.9 Å². The van der Waals surface area contributed by atoms with Gasteiger partial charge in [0.2, 0.25) is 0 Å². The summed E-state index contributed by atoms with van der Waals surface area (Å²) in [4.78, 5) is 31.7. The van der Waals surface area contributed by atoms with Crippen LogP contribution in [0.15, 0.2) is 56.3 Å². The van der Waals surface area contributed by atoms with Crippen LogP contribution < -0.4 is 5.56 Å². The fourth-order valence-electron chi connectivity index (χ4n) is 4.19. The van der Waals surface area contributed by atoms with Gasteiger partial charge in [0.1, 0.15) is 12.7 Å². The van der Waals surface area contributed by atoms with E-state index in [1.807, 2.05) is 49.0 Å². The molecule has 1 N–H and O–H groups in total. The van der Waals surface area contributed by atoms with E-state index >= 15 is 0 Å². The van der Waals surface area contributed by atoms with Crippen molar-refractivity contribution in [3.05, 3.63) is 79.7 Å². The quantitative estimate of drug-likeness (QED) is 0.333. The number of ketones is 1. The van der Waals surface area contributed by atoms with Crippen molar-refractivity contribution in [3.63, 3.8) is 0 Å². The largest absolute Gasteiger partial charge is 0.399 e. The highest BCUT2D eigenvalue weighted by Gasteiger charge is 2.21. The molecule has 3 aromatic rings. The Balaban J connectivity index is 0.000000172.